The molecule has 3 rings (SSSR count). The normalized spacial score (nSPS) is 11.9. The van der Waals surface area contributed by atoms with Gasteiger partial charge in [0.15, 0.2) is 15.5 Å². The number of carbonyl (C=O) groups excluding carboxylic acids is 2. The first-order chi connectivity index (χ1) is 16.6. The molecule has 12 heteroatoms. The summed E-state index contributed by atoms with van der Waals surface area (Å²) in [7, 11) is -3.44. The van der Waals surface area contributed by atoms with Gasteiger partial charge >= 0.3 is 0 Å². The average Bonchev–Trinajstić information content (AvgIpc) is 3.31. The maximum absolute atomic E-state index is 12.5. The van der Waals surface area contributed by atoms with Crippen molar-refractivity contribution >= 4 is 33.3 Å². The molecular weight excluding hydrogens is 492 g/mol. The van der Waals surface area contributed by atoms with Crippen molar-refractivity contribution in [3.63, 3.8) is 0 Å². The largest absolute Gasteiger partial charge is 0.350 e. The van der Waals surface area contributed by atoms with Gasteiger partial charge in [0.1, 0.15) is 6.04 Å². The van der Waals surface area contributed by atoms with Gasteiger partial charge in [0.25, 0.3) is 11.8 Å². The van der Waals surface area contributed by atoms with Gasteiger partial charge in [0, 0.05) is 12.8 Å². The summed E-state index contributed by atoms with van der Waals surface area (Å²) in [5, 5.41) is 22.4. The Kier molecular flexibility index (Phi) is 8.22. The first-order valence-electron chi connectivity index (χ1n) is 10.6. The van der Waals surface area contributed by atoms with Gasteiger partial charge in [-0.05, 0) is 35.7 Å². The molecule has 182 valence electrons. The fourth-order valence-electron chi connectivity index (χ4n) is 3.14. The summed E-state index contributed by atoms with van der Waals surface area (Å²) in [6, 6.07) is 12.5. The molecule has 0 aliphatic carbocycles. The summed E-state index contributed by atoms with van der Waals surface area (Å²) in [6.07, 6.45) is 3.33. The Labute approximate surface area is 207 Å². The van der Waals surface area contributed by atoms with Gasteiger partial charge in [0.05, 0.1) is 34.3 Å². The van der Waals surface area contributed by atoms with E-state index in [1.54, 1.807) is 12.1 Å². The highest BCUT2D eigenvalue weighted by Gasteiger charge is 2.18. The third kappa shape index (κ3) is 6.65. The van der Waals surface area contributed by atoms with Gasteiger partial charge in [0.2, 0.25) is 0 Å². The smallest absolute Gasteiger partial charge is 0.274 e. The lowest BCUT2D eigenvalue weighted by Crippen LogP contribution is -2.28. The number of halogens is 1. The van der Waals surface area contributed by atoms with Crippen LogP contribution >= 0.6 is 11.6 Å². The summed E-state index contributed by atoms with van der Waals surface area (Å²) in [5.41, 5.74) is 1.95. The molecule has 0 aliphatic rings. The number of benzene rings is 2. The molecule has 35 heavy (non-hydrogen) atoms. The Morgan fingerprint density at radius 3 is 2.49 bits per heavy atom. The van der Waals surface area contributed by atoms with Crippen LogP contribution in [0.15, 0.2) is 53.6 Å². The number of aryl methyl sites for hydroxylation is 1. The van der Waals surface area contributed by atoms with E-state index < -0.39 is 27.7 Å². The summed E-state index contributed by atoms with van der Waals surface area (Å²) in [6.45, 7) is 2.39. The Morgan fingerprint density at radius 2 is 1.89 bits per heavy atom. The van der Waals surface area contributed by atoms with E-state index in [9.17, 15) is 23.3 Å². The number of nitrogens with one attached hydrogen (secondary N) is 2. The molecule has 0 radical (unpaired) electrons. The Hall–Kier alpha value is -3.75. The second-order valence-electron chi connectivity index (χ2n) is 7.67. The highest BCUT2D eigenvalue weighted by atomic mass is 35.5. The number of hydrogen-bond donors (Lipinski definition) is 2. The van der Waals surface area contributed by atoms with Crippen LogP contribution in [-0.4, -0.2) is 48.0 Å². The molecule has 3 aromatic rings. The number of aromatic nitrogens is 3. The lowest BCUT2D eigenvalue weighted by molar-refractivity contribution is 0.0935. The zero-order valence-electron chi connectivity index (χ0n) is 19.0. The number of hydrogen-bond acceptors (Lipinski definition) is 7. The average molecular weight is 515 g/mol. The second kappa shape index (κ2) is 11.1. The highest BCUT2D eigenvalue weighted by molar-refractivity contribution is 7.90. The molecule has 0 fully saturated rings. The molecule has 10 nitrogen and oxygen atoms in total. The zero-order chi connectivity index (χ0) is 25.6. The topological polar surface area (TPSA) is 147 Å². The minimum absolute atomic E-state index is 0.0153. The SMILES string of the molecule is CCc1ccc(C(C#N)NC(=O)c2cn(CCNC(=O)c3ccc(S(C)(=O)=O)cc3Cl)nn2)cc1. The number of carbonyl (C=O) groups is 2. The van der Waals surface area contributed by atoms with E-state index >= 15 is 0 Å². The number of sulfone groups is 1. The third-order valence-corrected chi connectivity index (χ3v) is 6.56. The molecule has 1 atom stereocenters. The van der Waals surface area contributed by atoms with Crippen molar-refractivity contribution < 1.29 is 18.0 Å². The fraction of sp³-hybridized carbons (Fsp3) is 0.261. The predicted octanol–water partition coefficient (Wildman–Crippen LogP) is 2.32. The number of amides is 2. The summed E-state index contributed by atoms with van der Waals surface area (Å²) in [4.78, 5) is 24.9. The molecule has 0 spiro atoms. The van der Waals surface area contributed by atoms with E-state index in [-0.39, 0.29) is 34.3 Å². The molecule has 2 aromatic carbocycles. The maximum Gasteiger partial charge on any atom is 0.274 e. The van der Waals surface area contributed by atoms with E-state index in [2.05, 4.69) is 27.0 Å². The van der Waals surface area contributed by atoms with Crippen molar-refractivity contribution in [2.24, 2.45) is 0 Å². The van der Waals surface area contributed by atoms with Crippen molar-refractivity contribution in [2.45, 2.75) is 30.8 Å². The first-order valence-corrected chi connectivity index (χ1v) is 12.9. The molecule has 0 aliphatic heterocycles. The van der Waals surface area contributed by atoms with Crippen LogP contribution in [0.4, 0.5) is 0 Å². The van der Waals surface area contributed by atoms with Gasteiger partial charge < -0.3 is 10.6 Å². The number of nitrogens with zero attached hydrogens (tertiary/aromatic N) is 4. The van der Waals surface area contributed by atoms with Gasteiger partial charge in [-0.2, -0.15) is 5.26 Å². The standard InChI is InChI=1S/C23H23ClN6O4S/c1-3-15-4-6-16(7-5-15)20(13-25)27-23(32)21-14-30(29-28-21)11-10-26-22(31)18-9-8-17(12-19(18)24)35(2,33)34/h4-9,12,14,20H,3,10-11H2,1-2H3,(H,26,31)(H,27,32). The molecule has 0 saturated carbocycles. The summed E-state index contributed by atoms with van der Waals surface area (Å²) >= 11 is 6.06. The van der Waals surface area contributed by atoms with Crippen LogP contribution in [0.3, 0.4) is 0 Å². The summed E-state index contributed by atoms with van der Waals surface area (Å²) < 4.78 is 24.6. The molecular formula is C23H23ClN6O4S. The van der Waals surface area contributed by atoms with E-state index in [1.807, 2.05) is 19.1 Å². The van der Waals surface area contributed by atoms with Crippen molar-refractivity contribution in [1.29, 1.82) is 5.26 Å². The minimum Gasteiger partial charge on any atom is -0.350 e. The number of rotatable bonds is 9. The van der Waals surface area contributed by atoms with Crippen LogP contribution in [0.2, 0.25) is 5.02 Å². The van der Waals surface area contributed by atoms with Gasteiger partial charge in [-0.1, -0.05) is 48.0 Å². The van der Waals surface area contributed by atoms with Crippen LogP contribution in [0, 0.1) is 11.3 Å². The molecule has 1 unspecified atom stereocenters. The highest BCUT2D eigenvalue weighted by Crippen LogP contribution is 2.21. The van der Waals surface area contributed by atoms with Gasteiger partial charge in [-0.3, -0.25) is 9.59 Å². The van der Waals surface area contributed by atoms with E-state index in [4.69, 9.17) is 11.6 Å². The number of nitriles is 1. The Bertz CT molecular complexity index is 1380. The lowest BCUT2D eigenvalue weighted by Gasteiger charge is -2.11. The van der Waals surface area contributed by atoms with E-state index in [1.165, 1.54) is 29.1 Å². The second-order valence-corrected chi connectivity index (χ2v) is 10.1. The van der Waals surface area contributed by atoms with E-state index in [0.29, 0.717) is 5.56 Å². The first kappa shape index (κ1) is 25.9. The van der Waals surface area contributed by atoms with Crippen LogP contribution in [-0.2, 0) is 22.8 Å². The Morgan fingerprint density at radius 1 is 1.17 bits per heavy atom. The van der Waals surface area contributed by atoms with Crippen LogP contribution in [0.5, 0.6) is 0 Å². The lowest BCUT2D eigenvalue weighted by atomic mass is 10.0. The molecule has 2 N–H and O–H groups in total. The molecule has 2 amide bonds. The predicted molar refractivity (Wildman–Crippen MR) is 129 cm³/mol. The van der Waals surface area contributed by atoms with Crippen LogP contribution < -0.4 is 10.6 Å². The molecule has 0 saturated heterocycles. The van der Waals surface area contributed by atoms with Crippen molar-refractivity contribution in [3.8, 4) is 6.07 Å². The van der Waals surface area contributed by atoms with E-state index in [0.717, 1.165) is 18.2 Å². The quantitative estimate of drug-likeness (QED) is 0.445. The molecule has 0 bridgehead atoms. The monoisotopic (exact) mass is 514 g/mol. The van der Waals surface area contributed by atoms with Gasteiger partial charge in [-0.15, -0.1) is 5.10 Å². The van der Waals surface area contributed by atoms with Crippen LogP contribution in [0.1, 0.15) is 44.9 Å². The van der Waals surface area contributed by atoms with Crippen molar-refractivity contribution in [3.05, 3.63) is 76.1 Å². The van der Waals surface area contributed by atoms with Crippen LogP contribution in [0.25, 0.3) is 0 Å². The van der Waals surface area contributed by atoms with Crippen molar-refractivity contribution in [2.75, 3.05) is 12.8 Å². The summed E-state index contributed by atoms with van der Waals surface area (Å²) in [5.74, 6) is -1.04. The third-order valence-electron chi connectivity index (χ3n) is 5.14. The zero-order valence-corrected chi connectivity index (χ0v) is 20.6. The van der Waals surface area contributed by atoms with Gasteiger partial charge in [-0.25, -0.2) is 13.1 Å². The fourth-order valence-corrected chi connectivity index (χ4v) is 4.12. The molecule has 1 aromatic heterocycles. The maximum atomic E-state index is 12.5. The molecule has 1 heterocycles. The minimum atomic E-state index is -3.44. The Balaban J connectivity index is 1.55. The van der Waals surface area contributed by atoms with Crippen molar-refractivity contribution in [1.82, 2.24) is 25.6 Å².